The summed E-state index contributed by atoms with van der Waals surface area (Å²) in [5, 5.41) is 0. The van der Waals surface area contributed by atoms with E-state index in [0.29, 0.717) is 12.2 Å². The van der Waals surface area contributed by atoms with Crippen molar-refractivity contribution in [2.45, 2.75) is 12.8 Å². The summed E-state index contributed by atoms with van der Waals surface area (Å²) in [5.74, 6) is 0.117. The topological polar surface area (TPSA) is 26.3 Å². The van der Waals surface area contributed by atoms with Gasteiger partial charge in [-0.2, -0.15) is 0 Å². The smallest absolute Gasteiger partial charge is 0.325 e. The molecule has 3 heteroatoms. The van der Waals surface area contributed by atoms with Crippen LogP contribution in [0.15, 0.2) is 23.5 Å². The molecule has 0 amide bonds. The van der Waals surface area contributed by atoms with Gasteiger partial charge in [0.15, 0.2) is 0 Å². The molecule has 0 aliphatic heterocycles. The van der Waals surface area contributed by atoms with Crippen LogP contribution < -0.4 is 0 Å². The molecule has 0 bridgehead atoms. The minimum absolute atomic E-state index is 0.111. The number of allylic oxidation sites excluding steroid dienone is 3. The minimum Gasteiger partial charge on any atom is -0.430 e. The minimum atomic E-state index is -0.414. The van der Waals surface area contributed by atoms with Crippen molar-refractivity contribution >= 4 is 17.6 Å². The maximum Gasteiger partial charge on any atom is 0.325 e. The highest BCUT2D eigenvalue weighted by Crippen LogP contribution is 2.19. The SMILES string of the molecule is [CH2]C1=C(OC(=O)CCl)CC=CC1. The third-order valence-corrected chi connectivity index (χ3v) is 1.79. The van der Waals surface area contributed by atoms with E-state index in [2.05, 4.69) is 6.92 Å². The summed E-state index contributed by atoms with van der Waals surface area (Å²) in [4.78, 5) is 10.8. The number of halogens is 1. The van der Waals surface area contributed by atoms with Crippen molar-refractivity contribution in [3.8, 4) is 0 Å². The van der Waals surface area contributed by atoms with E-state index in [0.717, 1.165) is 12.0 Å². The third kappa shape index (κ3) is 2.38. The van der Waals surface area contributed by atoms with Gasteiger partial charge >= 0.3 is 5.97 Å². The lowest BCUT2D eigenvalue weighted by molar-refractivity contribution is -0.136. The standard InChI is InChI=1S/C9H10ClO2/c1-7-4-2-3-5-8(7)12-9(11)6-10/h2-3H,1,4-6H2. The molecule has 2 nitrogen and oxygen atoms in total. The molecule has 0 unspecified atom stereocenters. The summed E-state index contributed by atoms with van der Waals surface area (Å²) in [6.07, 6.45) is 5.35. The average molecular weight is 186 g/mol. The fourth-order valence-corrected chi connectivity index (χ4v) is 1.01. The Labute approximate surface area is 76.9 Å². The summed E-state index contributed by atoms with van der Waals surface area (Å²) in [6.45, 7) is 3.77. The molecule has 65 valence electrons. The van der Waals surface area contributed by atoms with Gasteiger partial charge in [-0.25, -0.2) is 0 Å². The van der Waals surface area contributed by atoms with Crippen LogP contribution in [0, 0.1) is 6.92 Å². The van der Waals surface area contributed by atoms with Crippen molar-refractivity contribution in [2.75, 3.05) is 5.88 Å². The molecule has 1 aliphatic rings. The molecule has 0 atom stereocenters. The summed E-state index contributed by atoms with van der Waals surface area (Å²) in [6, 6.07) is 0. The van der Waals surface area contributed by atoms with Gasteiger partial charge < -0.3 is 4.74 Å². The van der Waals surface area contributed by atoms with Crippen molar-refractivity contribution in [2.24, 2.45) is 0 Å². The molecule has 0 aromatic rings. The fraction of sp³-hybridized carbons (Fsp3) is 0.333. The zero-order chi connectivity index (χ0) is 8.97. The molecular weight excluding hydrogens is 176 g/mol. The number of carbonyl (C=O) groups excluding carboxylic acids is 1. The molecule has 1 aliphatic carbocycles. The Bertz CT molecular complexity index is 241. The van der Waals surface area contributed by atoms with E-state index in [1.54, 1.807) is 0 Å². The lowest BCUT2D eigenvalue weighted by Gasteiger charge is -2.12. The number of hydrogen-bond donors (Lipinski definition) is 0. The second-order valence-electron chi connectivity index (χ2n) is 2.51. The summed E-state index contributed by atoms with van der Waals surface area (Å²) >= 11 is 5.28. The Kier molecular flexibility index (Phi) is 3.35. The Morgan fingerprint density at radius 3 is 2.83 bits per heavy atom. The van der Waals surface area contributed by atoms with E-state index in [-0.39, 0.29) is 5.88 Å². The summed E-state index contributed by atoms with van der Waals surface area (Å²) < 4.78 is 4.95. The van der Waals surface area contributed by atoms with Crippen molar-refractivity contribution in [3.05, 3.63) is 30.4 Å². The first-order valence-corrected chi connectivity index (χ1v) is 4.23. The first-order valence-electron chi connectivity index (χ1n) is 3.69. The van der Waals surface area contributed by atoms with Gasteiger partial charge in [-0.15, -0.1) is 11.6 Å². The van der Waals surface area contributed by atoms with E-state index in [9.17, 15) is 4.79 Å². The maximum atomic E-state index is 10.8. The predicted molar refractivity (Wildman–Crippen MR) is 47.6 cm³/mol. The van der Waals surface area contributed by atoms with E-state index in [1.165, 1.54) is 0 Å². The number of carbonyl (C=O) groups is 1. The molecule has 12 heavy (non-hydrogen) atoms. The van der Waals surface area contributed by atoms with Crippen LogP contribution in [0.1, 0.15) is 12.8 Å². The summed E-state index contributed by atoms with van der Waals surface area (Å²) in [5.41, 5.74) is 0.857. The highest BCUT2D eigenvalue weighted by atomic mass is 35.5. The van der Waals surface area contributed by atoms with Gasteiger partial charge in [-0.05, 0) is 18.9 Å². The largest absolute Gasteiger partial charge is 0.430 e. The second kappa shape index (κ2) is 4.31. The van der Waals surface area contributed by atoms with Gasteiger partial charge in [0.2, 0.25) is 0 Å². The predicted octanol–water partition coefficient (Wildman–Crippen LogP) is 2.21. The van der Waals surface area contributed by atoms with Gasteiger partial charge in [-0.3, -0.25) is 4.79 Å². The van der Waals surface area contributed by atoms with E-state index < -0.39 is 5.97 Å². The molecule has 0 aromatic heterocycles. The molecule has 0 saturated carbocycles. The molecule has 0 N–H and O–H groups in total. The zero-order valence-electron chi connectivity index (χ0n) is 6.68. The molecule has 0 saturated heterocycles. The molecule has 1 rings (SSSR count). The van der Waals surface area contributed by atoms with E-state index >= 15 is 0 Å². The third-order valence-electron chi connectivity index (χ3n) is 1.57. The molecule has 1 radical (unpaired) electrons. The number of ether oxygens (including phenoxy) is 1. The molecule has 0 spiro atoms. The first kappa shape index (κ1) is 9.33. The first-order chi connectivity index (χ1) is 5.74. The van der Waals surface area contributed by atoms with Crippen LogP contribution in [0.4, 0.5) is 0 Å². The second-order valence-corrected chi connectivity index (χ2v) is 2.78. The van der Waals surface area contributed by atoms with Crippen molar-refractivity contribution in [1.29, 1.82) is 0 Å². The quantitative estimate of drug-likeness (QED) is 0.375. The highest BCUT2D eigenvalue weighted by molar-refractivity contribution is 6.26. The van der Waals surface area contributed by atoms with Gasteiger partial charge in [0.05, 0.1) is 0 Å². The Hall–Kier alpha value is -0.760. The molecule has 0 fully saturated rings. The lowest BCUT2D eigenvalue weighted by atomic mass is 10.1. The Morgan fingerprint density at radius 1 is 1.58 bits per heavy atom. The normalized spacial score (nSPS) is 16.5. The van der Waals surface area contributed by atoms with Crippen LogP contribution in [0.2, 0.25) is 0 Å². The number of alkyl halides is 1. The van der Waals surface area contributed by atoms with Crippen molar-refractivity contribution in [3.63, 3.8) is 0 Å². The molecule has 0 heterocycles. The van der Waals surface area contributed by atoms with Crippen LogP contribution in [0.5, 0.6) is 0 Å². The van der Waals surface area contributed by atoms with E-state index in [1.807, 2.05) is 12.2 Å². The van der Waals surface area contributed by atoms with Gasteiger partial charge in [-0.1, -0.05) is 12.2 Å². The van der Waals surface area contributed by atoms with E-state index in [4.69, 9.17) is 16.3 Å². The van der Waals surface area contributed by atoms with Crippen molar-refractivity contribution < 1.29 is 9.53 Å². The van der Waals surface area contributed by atoms with Crippen molar-refractivity contribution in [1.82, 2.24) is 0 Å². The monoisotopic (exact) mass is 185 g/mol. The fourth-order valence-electron chi connectivity index (χ4n) is 0.953. The number of esters is 1. The lowest BCUT2D eigenvalue weighted by Crippen LogP contribution is -2.07. The Balaban J connectivity index is 2.56. The van der Waals surface area contributed by atoms with Crippen LogP contribution in [0.25, 0.3) is 0 Å². The van der Waals surface area contributed by atoms with Crippen LogP contribution in [-0.2, 0) is 9.53 Å². The van der Waals surface area contributed by atoms with Crippen LogP contribution in [0.3, 0.4) is 0 Å². The van der Waals surface area contributed by atoms with Gasteiger partial charge in [0.25, 0.3) is 0 Å². The number of rotatable bonds is 2. The van der Waals surface area contributed by atoms with Gasteiger partial charge in [0, 0.05) is 6.42 Å². The number of hydrogen-bond acceptors (Lipinski definition) is 2. The molecule has 0 aromatic carbocycles. The Morgan fingerprint density at radius 2 is 2.25 bits per heavy atom. The average Bonchev–Trinajstić information content (AvgIpc) is 2.09. The molecular formula is C9H10ClO2. The van der Waals surface area contributed by atoms with Crippen LogP contribution >= 0.6 is 11.6 Å². The zero-order valence-corrected chi connectivity index (χ0v) is 7.43. The van der Waals surface area contributed by atoms with Crippen LogP contribution in [-0.4, -0.2) is 11.8 Å². The highest BCUT2D eigenvalue weighted by Gasteiger charge is 2.09. The van der Waals surface area contributed by atoms with Gasteiger partial charge in [0.1, 0.15) is 11.6 Å². The maximum absolute atomic E-state index is 10.8. The summed E-state index contributed by atoms with van der Waals surface area (Å²) in [7, 11) is 0.